The predicted molar refractivity (Wildman–Crippen MR) is 71.6 cm³/mol. The second kappa shape index (κ2) is 5.48. The maximum Gasteiger partial charge on any atom is 0.106 e. The lowest BCUT2D eigenvalue weighted by molar-refractivity contribution is 0.504. The van der Waals surface area contributed by atoms with E-state index in [2.05, 4.69) is 44.4 Å². The molecule has 1 N–H and O–H groups in total. The first kappa shape index (κ1) is 11.6. The molecule has 1 heterocycles. The molecule has 2 nitrogen and oxygen atoms in total. The third-order valence-electron chi connectivity index (χ3n) is 3.01. The number of nitrogens with one attached hydrogen (secondary N) is 1. The third-order valence-corrected chi connectivity index (χ3v) is 3.45. The van der Waals surface area contributed by atoms with Crippen molar-refractivity contribution in [1.82, 2.24) is 4.98 Å². The second-order valence-corrected chi connectivity index (χ2v) is 5.11. The van der Waals surface area contributed by atoms with Gasteiger partial charge in [0.1, 0.15) is 4.60 Å². The highest BCUT2D eigenvalue weighted by Gasteiger charge is 2.10. The minimum Gasteiger partial charge on any atom is -0.383 e. The minimum absolute atomic E-state index is 0.771. The van der Waals surface area contributed by atoms with Crippen LogP contribution in [-0.2, 0) is 0 Å². The van der Waals surface area contributed by atoms with E-state index in [1.165, 1.54) is 19.3 Å². The van der Waals surface area contributed by atoms with Gasteiger partial charge in [0.2, 0.25) is 0 Å². The van der Waals surface area contributed by atoms with Crippen molar-refractivity contribution in [2.75, 3.05) is 11.9 Å². The van der Waals surface area contributed by atoms with Crippen LogP contribution in [0.1, 0.15) is 25.0 Å². The Bertz CT molecular complexity index is 388. The number of allylic oxidation sites excluding steroid dienone is 2. The number of nitrogens with zero attached hydrogens (tertiary/aromatic N) is 1. The summed E-state index contributed by atoms with van der Waals surface area (Å²) in [5, 5.41) is 3.49. The summed E-state index contributed by atoms with van der Waals surface area (Å²) in [5.41, 5.74) is 2.21. The molecule has 86 valence electrons. The van der Waals surface area contributed by atoms with Gasteiger partial charge in [-0.3, -0.25) is 0 Å². The van der Waals surface area contributed by atoms with Crippen molar-refractivity contribution in [3.63, 3.8) is 0 Å². The van der Waals surface area contributed by atoms with Crippen LogP contribution in [0.5, 0.6) is 0 Å². The standard InChI is InChI=1S/C13H17BrN2/c1-10-12(7-8-13(14)16-10)15-9-11-5-3-2-4-6-11/h2-3,7-8,11,15H,4-6,9H2,1H3. The first-order valence-corrected chi connectivity index (χ1v) is 6.57. The molecule has 1 aliphatic rings. The molecule has 1 aromatic rings. The number of pyridine rings is 1. The van der Waals surface area contributed by atoms with Gasteiger partial charge in [-0.25, -0.2) is 4.98 Å². The van der Waals surface area contributed by atoms with E-state index in [4.69, 9.17) is 0 Å². The third kappa shape index (κ3) is 3.08. The molecule has 1 atom stereocenters. The number of halogens is 1. The molecule has 16 heavy (non-hydrogen) atoms. The summed E-state index contributed by atoms with van der Waals surface area (Å²) in [6.07, 6.45) is 8.30. The molecular formula is C13H17BrN2. The first-order valence-electron chi connectivity index (χ1n) is 5.78. The molecule has 0 spiro atoms. The van der Waals surface area contributed by atoms with Gasteiger partial charge in [-0.15, -0.1) is 0 Å². The molecular weight excluding hydrogens is 264 g/mol. The van der Waals surface area contributed by atoms with Gasteiger partial charge in [0.25, 0.3) is 0 Å². The summed E-state index contributed by atoms with van der Waals surface area (Å²) >= 11 is 3.38. The highest BCUT2D eigenvalue weighted by molar-refractivity contribution is 9.10. The molecule has 1 aliphatic carbocycles. The number of aromatic nitrogens is 1. The molecule has 0 amide bonds. The Morgan fingerprint density at radius 3 is 3.00 bits per heavy atom. The Morgan fingerprint density at radius 1 is 1.44 bits per heavy atom. The molecule has 3 heteroatoms. The van der Waals surface area contributed by atoms with Crippen LogP contribution < -0.4 is 5.32 Å². The van der Waals surface area contributed by atoms with E-state index in [-0.39, 0.29) is 0 Å². The normalized spacial score (nSPS) is 19.8. The zero-order chi connectivity index (χ0) is 11.4. The van der Waals surface area contributed by atoms with E-state index >= 15 is 0 Å². The average Bonchev–Trinajstić information content (AvgIpc) is 2.29. The van der Waals surface area contributed by atoms with Crippen molar-refractivity contribution in [2.24, 2.45) is 5.92 Å². The van der Waals surface area contributed by atoms with E-state index in [1.807, 2.05) is 13.0 Å². The average molecular weight is 281 g/mol. The van der Waals surface area contributed by atoms with E-state index in [0.717, 1.165) is 28.4 Å². The fourth-order valence-electron chi connectivity index (χ4n) is 2.01. The number of anilines is 1. The van der Waals surface area contributed by atoms with E-state index in [0.29, 0.717) is 0 Å². The van der Waals surface area contributed by atoms with Crippen LogP contribution in [-0.4, -0.2) is 11.5 Å². The second-order valence-electron chi connectivity index (χ2n) is 4.30. The van der Waals surface area contributed by atoms with Crippen molar-refractivity contribution >= 4 is 21.6 Å². The summed E-state index contributed by atoms with van der Waals surface area (Å²) < 4.78 is 0.899. The van der Waals surface area contributed by atoms with E-state index < -0.39 is 0 Å². The van der Waals surface area contributed by atoms with E-state index in [9.17, 15) is 0 Å². The van der Waals surface area contributed by atoms with Gasteiger partial charge in [-0.2, -0.15) is 0 Å². The van der Waals surface area contributed by atoms with Crippen molar-refractivity contribution in [3.05, 3.63) is 34.6 Å². The van der Waals surface area contributed by atoms with Gasteiger partial charge in [0.05, 0.1) is 11.4 Å². The molecule has 1 unspecified atom stereocenters. The van der Waals surface area contributed by atoms with Gasteiger partial charge in [0, 0.05) is 6.54 Å². The lowest BCUT2D eigenvalue weighted by atomic mass is 9.94. The number of rotatable bonds is 3. The van der Waals surface area contributed by atoms with Crippen LogP contribution >= 0.6 is 15.9 Å². The van der Waals surface area contributed by atoms with Crippen LogP contribution in [0.25, 0.3) is 0 Å². The van der Waals surface area contributed by atoms with Crippen molar-refractivity contribution in [3.8, 4) is 0 Å². The Balaban J connectivity index is 1.91. The number of hydrogen-bond acceptors (Lipinski definition) is 2. The van der Waals surface area contributed by atoms with Crippen LogP contribution in [0.2, 0.25) is 0 Å². The smallest absolute Gasteiger partial charge is 0.106 e. The lowest BCUT2D eigenvalue weighted by Gasteiger charge is -2.19. The molecule has 0 fully saturated rings. The van der Waals surface area contributed by atoms with Crippen molar-refractivity contribution < 1.29 is 0 Å². The molecule has 0 saturated carbocycles. The fourth-order valence-corrected chi connectivity index (χ4v) is 2.41. The van der Waals surface area contributed by atoms with Crippen molar-refractivity contribution in [2.45, 2.75) is 26.2 Å². The van der Waals surface area contributed by atoms with E-state index in [1.54, 1.807) is 0 Å². The van der Waals surface area contributed by atoms with Crippen LogP contribution in [0.4, 0.5) is 5.69 Å². The van der Waals surface area contributed by atoms with Crippen LogP contribution in [0.15, 0.2) is 28.9 Å². The fraction of sp³-hybridized carbons (Fsp3) is 0.462. The number of hydrogen-bond donors (Lipinski definition) is 1. The molecule has 1 aromatic heterocycles. The highest BCUT2D eigenvalue weighted by atomic mass is 79.9. The molecule has 0 aliphatic heterocycles. The zero-order valence-corrected chi connectivity index (χ0v) is 11.1. The van der Waals surface area contributed by atoms with Gasteiger partial charge >= 0.3 is 0 Å². The molecule has 2 rings (SSSR count). The molecule has 0 aromatic carbocycles. The Morgan fingerprint density at radius 2 is 2.31 bits per heavy atom. The summed E-state index contributed by atoms with van der Waals surface area (Å²) in [7, 11) is 0. The first-order chi connectivity index (χ1) is 7.75. The summed E-state index contributed by atoms with van der Waals surface area (Å²) in [6.45, 7) is 3.09. The summed E-state index contributed by atoms with van der Waals surface area (Å²) in [6, 6.07) is 4.07. The van der Waals surface area contributed by atoms with Gasteiger partial charge in [-0.1, -0.05) is 12.2 Å². The molecule has 0 bridgehead atoms. The SMILES string of the molecule is Cc1nc(Br)ccc1NCC1CC=CCC1. The van der Waals surface area contributed by atoms with Crippen molar-refractivity contribution in [1.29, 1.82) is 0 Å². The molecule has 0 saturated heterocycles. The summed E-state index contributed by atoms with van der Waals surface area (Å²) in [4.78, 5) is 4.38. The topological polar surface area (TPSA) is 24.9 Å². The maximum atomic E-state index is 4.38. The van der Waals surface area contributed by atoms with Crippen LogP contribution in [0.3, 0.4) is 0 Å². The van der Waals surface area contributed by atoms with Gasteiger partial charge in [-0.05, 0) is 60.2 Å². The summed E-state index contributed by atoms with van der Waals surface area (Å²) in [5.74, 6) is 0.771. The quantitative estimate of drug-likeness (QED) is 0.671. The number of aryl methyl sites for hydroxylation is 1. The highest BCUT2D eigenvalue weighted by Crippen LogP contribution is 2.21. The zero-order valence-electron chi connectivity index (χ0n) is 9.54. The molecule has 0 radical (unpaired) electrons. The Labute approximate surface area is 105 Å². The monoisotopic (exact) mass is 280 g/mol. The largest absolute Gasteiger partial charge is 0.383 e. The van der Waals surface area contributed by atoms with Gasteiger partial charge in [0.15, 0.2) is 0 Å². The minimum atomic E-state index is 0.771. The Hall–Kier alpha value is -0.830. The Kier molecular flexibility index (Phi) is 3.99. The van der Waals surface area contributed by atoms with Crippen LogP contribution in [0, 0.1) is 12.8 Å². The lowest BCUT2D eigenvalue weighted by Crippen LogP contribution is -2.16. The predicted octanol–water partition coefficient (Wildman–Crippen LogP) is 3.92. The maximum absolute atomic E-state index is 4.38. The van der Waals surface area contributed by atoms with Gasteiger partial charge < -0.3 is 5.32 Å².